The third-order valence-corrected chi connectivity index (χ3v) is 4.48. The van der Waals surface area contributed by atoms with Crippen molar-refractivity contribution in [2.45, 2.75) is 11.3 Å². The van der Waals surface area contributed by atoms with E-state index in [-0.39, 0.29) is 0 Å². The summed E-state index contributed by atoms with van der Waals surface area (Å²) in [4.78, 5) is 8.61. The lowest BCUT2D eigenvalue weighted by atomic mass is 10.2. The number of hydrogen-bond acceptors (Lipinski definition) is 4. The molecule has 0 amide bonds. The van der Waals surface area contributed by atoms with E-state index in [2.05, 4.69) is 14.7 Å². The predicted molar refractivity (Wildman–Crippen MR) is 76.1 cm³/mol. The Morgan fingerprint density at radius 2 is 1.85 bits per heavy atom. The summed E-state index contributed by atoms with van der Waals surface area (Å²) in [6, 6.07) is 10.7. The monoisotopic (exact) mass is 287 g/mol. The van der Waals surface area contributed by atoms with Gasteiger partial charge in [-0.25, -0.2) is 8.42 Å². The number of aliphatic imine (C=N–C) groups is 1. The van der Waals surface area contributed by atoms with E-state index < -0.39 is 10.0 Å². The fourth-order valence-electron chi connectivity index (χ4n) is 2.10. The van der Waals surface area contributed by atoms with Gasteiger partial charge < -0.3 is 0 Å². The minimum Gasteiger partial charge on any atom is -0.267 e. The molecule has 20 heavy (non-hydrogen) atoms. The van der Waals surface area contributed by atoms with Crippen molar-refractivity contribution in [3.8, 4) is 0 Å². The number of amidine groups is 1. The average molecular weight is 287 g/mol. The first kappa shape index (κ1) is 12.8. The minimum atomic E-state index is -3.44. The van der Waals surface area contributed by atoms with E-state index in [1.165, 1.54) is 0 Å². The summed E-state index contributed by atoms with van der Waals surface area (Å²) in [7, 11) is -3.44. The Kier molecular flexibility index (Phi) is 3.23. The first-order chi connectivity index (χ1) is 9.67. The van der Waals surface area contributed by atoms with Crippen LogP contribution in [0.3, 0.4) is 0 Å². The summed E-state index contributed by atoms with van der Waals surface area (Å²) in [5.74, 6) is 0.426. The van der Waals surface area contributed by atoms with E-state index in [9.17, 15) is 8.42 Å². The predicted octanol–water partition coefficient (Wildman–Crippen LogP) is 1.36. The Morgan fingerprint density at radius 3 is 2.65 bits per heavy atom. The molecule has 3 rings (SSSR count). The highest BCUT2D eigenvalue weighted by Crippen LogP contribution is 2.22. The van der Waals surface area contributed by atoms with E-state index in [1.807, 2.05) is 12.1 Å². The molecule has 2 aromatic rings. The molecule has 2 heterocycles. The van der Waals surface area contributed by atoms with E-state index >= 15 is 0 Å². The maximum absolute atomic E-state index is 11.9. The molecule has 0 spiro atoms. The van der Waals surface area contributed by atoms with Crippen molar-refractivity contribution in [2.24, 2.45) is 4.99 Å². The van der Waals surface area contributed by atoms with Crippen LogP contribution in [0, 0.1) is 0 Å². The molecule has 6 heteroatoms. The van der Waals surface area contributed by atoms with Gasteiger partial charge >= 0.3 is 0 Å². The van der Waals surface area contributed by atoms with E-state index in [0.29, 0.717) is 22.8 Å². The molecule has 0 unspecified atom stereocenters. The van der Waals surface area contributed by atoms with Gasteiger partial charge in [0.2, 0.25) is 0 Å². The van der Waals surface area contributed by atoms with Gasteiger partial charge in [-0.2, -0.15) is 0 Å². The lowest BCUT2D eigenvalue weighted by molar-refractivity contribution is 0.595. The summed E-state index contributed by atoms with van der Waals surface area (Å²) in [5, 5.41) is 0. The number of pyridine rings is 1. The molecule has 1 aliphatic heterocycles. The number of nitrogens with one attached hydrogen (secondary N) is 1. The molecule has 1 aromatic carbocycles. The van der Waals surface area contributed by atoms with Crippen LogP contribution in [0.1, 0.15) is 11.1 Å². The van der Waals surface area contributed by atoms with Crippen LogP contribution in [0.4, 0.5) is 0 Å². The van der Waals surface area contributed by atoms with Gasteiger partial charge in [0.15, 0.2) is 0 Å². The van der Waals surface area contributed by atoms with Gasteiger partial charge in [-0.1, -0.05) is 12.1 Å². The molecule has 102 valence electrons. The Bertz CT molecular complexity index is 755. The Morgan fingerprint density at radius 1 is 1.10 bits per heavy atom. The van der Waals surface area contributed by atoms with Gasteiger partial charge in [-0.3, -0.25) is 14.7 Å². The van der Waals surface area contributed by atoms with Crippen molar-refractivity contribution in [3.63, 3.8) is 0 Å². The molecule has 1 aliphatic rings. The van der Waals surface area contributed by atoms with E-state index in [0.717, 1.165) is 12.0 Å². The molecule has 1 aromatic heterocycles. The standard InChI is InChI=1S/C14H13N3O2S/c18-20(19)13-4-2-1-3-12(13)14(17-20)16-10-7-11-5-8-15-9-6-11/h1-6,8-9H,7,10H2,(H,16,17). The van der Waals surface area contributed by atoms with Gasteiger partial charge in [0, 0.05) is 24.5 Å². The molecule has 0 saturated heterocycles. The summed E-state index contributed by atoms with van der Waals surface area (Å²) in [5.41, 5.74) is 1.76. The maximum Gasteiger partial charge on any atom is 0.263 e. The third-order valence-electron chi connectivity index (χ3n) is 3.08. The molecule has 0 bridgehead atoms. The van der Waals surface area contributed by atoms with Crippen molar-refractivity contribution < 1.29 is 8.42 Å². The Labute approximate surface area is 117 Å². The second-order valence-corrected chi connectivity index (χ2v) is 6.09. The Hall–Kier alpha value is -2.21. The summed E-state index contributed by atoms with van der Waals surface area (Å²) >= 11 is 0. The number of aromatic nitrogens is 1. The molecule has 0 fully saturated rings. The van der Waals surface area contributed by atoms with Crippen molar-refractivity contribution in [2.75, 3.05) is 6.54 Å². The molecular weight excluding hydrogens is 274 g/mol. The number of hydrogen-bond donors (Lipinski definition) is 1. The van der Waals surface area contributed by atoms with Crippen molar-refractivity contribution in [1.82, 2.24) is 9.71 Å². The Balaban J connectivity index is 1.81. The molecule has 5 nitrogen and oxygen atoms in total. The van der Waals surface area contributed by atoms with Gasteiger partial charge in [0.25, 0.3) is 10.0 Å². The van der Waals surface area contributed by atoms with Gasteiger partial charge in [-0.05, 0) is 36.2 Å². The average Bonchev–Trinajstić information content (AvgIpc) is 2.72. The van der Waals surface area contributed by atoms with Crippen LogP contribution < -0.4 is 4.72 Å². The second kappa shape index (κ2) is 5.05. The quantitative estimate of drug-likeness (QED) is 0.926. The third kappa shape index (κ3) is 2.42. The SMILES string of the molecule is O=S1(=O)NC(=NCCc2ccncc2)c2ccccc21. The lowest BCUT2D eigenvalue weighted by Gasteiger charge is -2.00. The first-order valence-electron chi connectivity index (χ1n) is 6.22. The molecule has 1 N–H and O–H groups in total. The van der Waals surface area contributed by atoms with Crippen molar-refractivity contribution in [3.05, 3.63) is 59.9 Å². The summed E-state index contributed by atoms with van der Waals surface area (Å²) < 4.78 is 26.3. The molecule has 0 atom stereocenters. The van der Waals surface area contributed by atoms with Gasteiger partial charge in [0.1, 0.15) is 5.84 Å². The number of sulfonamides is 1. The van der Waals surface area contributed by atoms with E-state index in [1.54, 1.807) is 36.7 Å². The second-order valence-electron chi connectivity index (χ2n) is 4.44. The highest BCUT2D eigenvalue weighted by atomic mass is 32.2. The zero-order valence-electron chi connectivity index (χ0n) is 10.7. The molecule has 0 radical (unpaired) electrons. The molecule has 0 saturated carbocycles. The van der Waals surface area contributed by atoms with Crippen LogP contribution in [0.15, 0.2) is 58.7 Å². The number of rotatable bonds is 3. The number of nitrogens with zero attached hydrogens (tertiary/aromatic N) is 2. The smallest absolute Gasteiger partial charge is 0.263 e. The van der Waals surface area contributed by atoms with Crippen molar-refractivity contribution >= 4 is 15.9 Å². The van der Waals surface area contributed by atoms with Gasteiger partial charge in [0.05, 0.1) is 4.90 Å². The largest absolute Gasteiger partial charge is 0.267 e. The maximum atomic E-state index is 11.9. The minimum absolute atomic E-state index is 0.294. The van der Waals surface area contributed by atoms with Crippen LogP contribution in [0.5, 0.6) is 0 Å². The van der Waals surface area contributed by atoms with Crippen molar-refractivity contribution in [1.29, 1.82) is 0 Å². The zero-order valence-corrected chi connectivity index (χ0v) is 11.5. The van der Waals surface area contributed by atoms with Crippen LogP contribution in [0.2, 0.25) is 0 Å². The van der Waals surface area contributed by atoms with Crippen LogP contribution in [-0.4, -0.2) is 25.8 Å². The first-order valence-corrected chi connectivity index (χ1v) is 7.71. The topological polar surface area (TPSA) is 71.4 Å². The molecule has 0 aliphatic carbocycles. The zero-order chi connectivity index (χ0) is 14.0. The van der Waals surface area contributed by atoms with Gasteiger partial charge in [-0.15, -0.1) is 0 Å². The van der Waals surface area contributed by atoms with Crippen LogP contribution >= 0.6 is 0 Å². The highest BCUT2D eigenvalue weighted by Gasteiger charge is 2.29. The summed E-state index contributed by atoms with van der Waals surface area (Å²) in [6.45, 7) is 0.524. The highest BCUT2D eigenvalue weighted by molar-refractivity contribution is 7.90. The normalized spacial score (nSPS) is 17.7. The summed E-state index contributed by atoms with van der Waals surface area (Å²) in [6.07, 6.45) is 4.21. The molecular formula is C14H13N3O2S. The number of fused-ring (bicyclic) bond motifs is 1. The van der Waals surface area contributed by atoms with E-state index in [4.69, 9.17) is 0 Å². The lowest BCUT2D eigenvalue weighted by Crippen LogP contribution is -2.22. The van der Waals surface area contributed by atoms with Crippen LogP contribution in [-0.2, 0) is 16.4 Å². The number of benzene rings is 1. The van der Waals surface area contributed by atoms with Crippen LogP contribution in [0.25, 0.3) is 0 Å². The fraction of sp³-hybridized carbons (Fsp3) is 0.143. The fourth-order valence-corrected chi connectivity index (χ4v) is 3.35.